The van der Waals surface area contributed by atoms with Crippen LogP contribution >= 0.6 is 0 Å². The van der Waals surface area contributed by atoms with E-state index in [9.17, 15) is 0 Å². The molecule has 2 nitrogen and oxygen atoms in total. The Bertz CT molecular complexity index is 386. The number of hydrogen-bond donors (Lipinski definition) is 1. The highest BCUT2D eigenvalue weighted by Gasteiger charge is 2.07. The molecule has 0 aliphatic heterocycles. The summed E-state index contributed by atoms with van der Waals surface area (Å²) in [6.07, 6.45) is 2.29. The van der Waals surface area contributed by atoms with Crippen LogP contribution in [0.25, 0.3) is 6.08 Å². The highest BCUT2D eigenvalue weighted by Crippen LogP contribution is 2.18. The summed E-state index contributed by atoms with van der Waals surface area (Å²) in [6, 6.07) is 2.70. The number of likely N-dealkylation sites (N-methyl/N-ethyl adjacent to an activating group) is 1. The van der Waals surface area contributed by atoms with Crippen LogP contribution in [-0.4, -0.2) is 17.7 Å². The summed E-state index contributed by atoms with van der Waals surface area (Å²) in [5, 5.41) is 3.26. The largest absolute Gasteiger partial charge is 0.349 e. The summed E-state index contributed by atoms with van der Waals surface area (Å²) in [6.45, 7) is 12.0. The minimum Gasteiger partial charge on any atom is -0.349 e. The Morgan fingerprint density at radius 1 is 1.50 bits per heavy atom. The fourth-order valence-electron chi connectivity index (χ4n) is 2.06. The van der Waals surface area contributed by atoms with E-state index < -0.39 is 0 Å². The molecule has 0 amide bonds. The zero-order chi connectivity index (χ0) is 12.3. The lowest BCUT2D eigenvalue weighted by molar-refractivity contribution is 0.695. The lowest BCUT2D eigenvalue weighted by atomic mass is 10.1. The molecule has 1 aromatic rings. The van der Waals surface area contributed by atoms with Crippen molar-refractivity contribution < 1.29 is 0 Å². The number of nitrogens with zero attached hydrogens (tertiary/aromatic N) is 1. The van der Waals surface area contributed by atoms with Crippen molar-refractivity contribution in [3.05, 3.63) is 28.6 Å². The van der Waals surface area contributed by atoms with Gasteiger partial charge in [-0.05, 0) is 53.3 Å². The molecule has 1 N–H and O–H groups in total. The van der Waals surface area contributed by atoms with E-state index >= 15 is 0 Å². The SMILES string of the molecule is CCn1c(C)cc(/C=C(/C)C(C)NC)c1C. The van der Waals surface area contributed by atoms with Gasteiger partial charge in [-0.2, -0.15) is 0 Å². The fourth-order valence-corrected chi connectivity index (χ4v) is 2.06. The van der Waals surface area contributed by atoms with Gasteiger partial charge in [-0.1, -0.05) is 11.6 Å². The molecule has 0 fully saturated rings. The van der Waals surface area contributed by atoms with Crippen LogP contribution in [0, 0.1) is 13.8 Å². The molecule has 1 aromatic heterocycles. The summed E-state index contributed by atoms with van der Waals surface area (Å²) in [5.41, 5.74) is 5.43. The van der Waals surface area contributed by atoms with Gasteiger partial charge in [0.25, 0.3) is 0 Å². The van der Waals surface area contributed by atoms with E-state index in [1.54, 1.807) is 0 Å². The van der Waals surface area contributed by atoms with Crippen molar-refractivity contribution >= 4 is 6.08 Å². The Morgan fingerprint density at radius 3 is 2.56 bits per heavy atom. The third-order valence-corrected chi connectivity index (χ3v) is 3.43. The second-order valence-electron chi connectivity index (χ2n) is 4.47. The van der Waals surface area contributed by atoms with Crippen molar-refractivity contribution in [1.82, 2.24) is 9.88 Å². The van der Waals surface area contributed by atoms with Crippen molar-refractivity contribution in [3.63, 3.8) is 0 Å². The minimum absolute atomic E-state index is 0.435. The monoisotopic (exact) mass is 220 g/mol. The first-order chi connectivity index (χ1) is 7.51. The van der Waals surface area contributed by atoms with E-state index in [1.165, 1.54) is 22.5 Å². The first-order valence-corrected chi connectivity index (χ1v) is 6.03. The zero-order valence-corrected chi connectivity index (χ0v) is 11.4. The van der Waals surface area contributed by atoms with Crippen LogP contribution in [0.3, 0.4) is 0 Å². The molecule has 1 rings (SSSR count). The van der Waals surface area contributed by atoms with Crippen molar-refractivity contribution in [3.8, 4) is 0 Å². The molecule has 0 aliphatic carbocycles. The number of aromatic nitrogens is 1. The van der Waals surface area contributed by atoms with E-state index in [0.29, 0.717) is 6.04 Å². The molecule has 1 heterocycles. The Labute approximate surface area is 99.4 Å². The maximum Gasteiger partial charge on any atom is 0.0248 e. The number of hydrogen-bond acceptors (Lipinski definition) is 1. The Morgan fingerprint density at radius 2 is 2.12 bits per heavy atom. The van der Waals surface area contributed by atoms with Gasteiger partial charge in [0.15, 0.2) is 0 Å². The first kappa shape index (κ1) is 13.0. The molecule has 0 aromatic carbocycles. The second kappa shape index (κ2) is 5.35. The van der Waals surface area contributed by atoms with Gasteiger partial charge < -0.3 is 9.88 Å². The fraction of sp³-hybridized carbons (Fsp3) is 0.571. The van der Waals surface area contributed by atoms with Crippen molar-refractivity contribution in [2.45, 2.75) is 47.2 Å². The summed E-state index contributed by atoms with van der Waals surface area (Å²) in [5.74, 6) is 0. The van der Waals surface area contributed by atoms with Gasteiger partial charge >= 0.3 is 0 Å². The van der Waals surface area contributed by atoms with Crippen LogP contribution in [0.5, 0.6) is 0 Å². The van der Waals surface area contributed by atoms with Crippen molar-refractivity contribution in [1.29, 1.82) is 0 Å². The van der Waals surface area contributed by atoms with Gasteiger partial charge in [0.05, 0.1) is 0 Å². The van der Waals surface area contributed by atoms with Gasteiger partial charge in [0.1, 0.15) is 0 Å². The standard InChI is InChI=1S/C14H24N2/c1-7-16-11(3)9-14(13(16)5)8-10(2)12(4)15-6/h8-9,12,15H,7H2,1-6H3/b10-8-. The summed E-state index contributed by atoms with van der Waals surface area (Å²) in [7, 11) is 2.00. The van der Waals surface area contributed by atoms with Crippen LogP contribution in [0.2, 0.25) is 0 Å². The van der Waals surface area contributed by atoms with Gasteiger partial charge in [-0.3, -0.25) is 0 Å². The molecule has 0 saturated carbocycles. The first-order valence-electron chi connectivity index (χ1n) is 6.03. The molecule has 90 valence electrons. The van der Waals surface area contributed by atoms with Gasteiger partial charge in [0, 0.05) is 24.0 Å². The lowest BCUT2D eigenvalue weighted by Crippen LogP contribution is -2.21. The highest BCUT2D eigenvalue weighted by atomic mass is 15.0. The molecule has 1 atom stereocenters. The minimum atomic E-state index is 0.435. The second-order valence-corrected chi connectivity index (χ2v) is 4.47. The van der Waals surface area contributed by atoms with E-state index in [4.69, 9.17) is 0 Å². The van der Waals surface area contributed by atoms with E-state index in [-0.39, 0.29) is 0 Å². The van der Waals surface area contributed by atoms with Crippen molar-refractivity contribution in [2.75, 3.05) is 7.05 Å². The zero-order valence-electron chi connectivity index (χ0n) is 11.4. The maximum atomic E-state index is 3.26. The Balaban J connectivity index is 3.06. The Hall–Kier alpha value is -1.02. The molecular weight excluding hydrogens is 196 g/mol. The third kappa shape index (κ3) is 2.56. The maximum absolute atomic E-state index is 3.26. The third-order valence-electron chi connectivity index (χ3n) is 3.43. The average Bonchev–Trinajstić information content (AvgIpc) is 2.52. The van der Waals surface area contributed by atoms with Crippen LogP contribution in [0.1, 0.15) is 37.7 Å². The molecule has 0 saturated heterocycles. The van der Waals surface area contributed by atoms with Crippen LogP contribution in [-0.2, 0) is 6.54 Å². The van der Waals surface area contributed by atoms with E-state index in [0.717, 1.165) is 6.54 Å². The lowest BCUT2D eigenvalue weighted by Gasteiger charge is -2.10. The smallest absolute Gasteiger partial charge is 0.0248 e. The van der Waals surface area contributed by atoms with Gasteiger partial charge in [-0.15, -0.1) is 0 Å². The van der Waals surface area contributed by atoms with Gasteiger partial charge in [0.2, 0.25) is 0 Å². The average molecular weight is 220 g/mol. The number of aryl methyl sites for hydroxylation is 1. The highest BCUT2D eigenvalue weighted by molar-refractivity contribution is 5.57. The molecule has 0 spiro atoms. The van der Waals surface area contributed by atoms with E-state index in [2.05, 4.69) is 56.6 Å². The van der Waals surface area contributed by atoms with E-state index in [1.807, 2.05) is 7.05 Å². The predicted molar refractivity (Wildman–Crippen MR) is 71.8 cm³/mol. The summed E-state index contributed by atoms with van der Waals surface area (Å²) < 4.78 is 2.35. The number of rotatable bonds is 4. The van der Waals surface area contributed by atoms with Crippen LogP contribution in [0.4, 0.5) is 0 Å². The molecule has 0 bridgehead atoms. The molecule has 0 aliphatic rings. The normalized spacial score (nSPS) is 14.2. The summed E-state index contributed by atoms with van der Waals surface area (Å²) in [4.78, 5) is 0. The molecule has 16 heavy (non-hydrogen) atoms. The molecular formula is C14H24N2. The topological polar surface area (TPSA) is 17.0 Å². The quantitative estimate of drug-likeness (QED) is 0.825. The van der Waals surface area contributed by atoms with Gasteiger partial charge in [-0.25, -0.2) is 0 Å². The molecule has 0 radical (unpaired) electrons. The molecule has 2 heteroatoms. The van der Waals surface area contributed by atoms with Crippen LogP contribution in [0.15, 0.2) is 11.6 Å². The molecule has 1 unspecified atom stereocenters. The Kier molecular flexibility index (Phi) is 4.36. The summed E-state index contributed by atoms with van der Waals surface area (Å²) >= 11 is 0. The predicted octanol–water partition coefficient (Wildman–Crippen LogP) is 3.14. The van der Waals surface area contributed by atoms with Crippen LogP contribution < -0.4 is 5.32 Å². The van der Waals surface area contributed by atoms with Crippen molar-refractivity contribution in [2.24, 2.45) is 0 Å². The number of nitrogens with one attached hydrogen (secondary N) is 1.